The van der Waals surface area contributed by atoms with Crippen LogP contribution in [0.4, 0.5) is 15.8 Å². The van der Waals surface area contributed by atoms with Crippen molar-refractivity contribution in [2.45, 2.75) is 12.8 Å². The molecule has 28 heavy (non-hydrogen) atoms. The lowest BCUT2D eigenvalue weighted by atomic mass is 9.94. The molecule has 2 aliphatic rings. The number of rotatable bonds is 4. The maximum absolute atomic E-state index is 14.5. The Kier molecular flexibility index (Phi) is 6.41. The highest BCUT2D eigenvalue weighted by atomic mass is 19.1. The van der Waals surface area contributed by atoms with Gasteiger partial charge < -0.3 is 24.9 Å². The highest BCUT2D eigenvalue weighted by molar-refractivity contribution is 5.96. The van der Waals surface area contributed by atoms with Crippen LogP contribution in [0.25, 0.3) is 4.85 Å². The van der Waals surface area contributed by atoms with Gasteiger partial charge in [0, 0.05) is 45.2 Å². The summed E-state index contributed by atoms with van der Waals surface area (Å²) in [5.41, 5.74) is 0.538. The zero-order chi connectivity index (χ0) is 20.1. The quantitative estimate of drug-likeness (QED) is 0.781. The molecule has 2 fully saturated rings. The third-order valence-electron chi connectivity index (χ3n) is 5.34. The number of hydrogen-bond acceptors (Lipinski definition) is 5. The normalized spacial score (nSPS) is 18.6. The minimum atomic E-state index is -0.524. The van der Waals surface area contributed by atoms with Gasteiger partial charge in [-0.1, -0.05) is 0 Å². The number of pyridine rings is 1. The predicted molar refractivity (Wildman–Crippen MR) is 103 cm³/mol. The van der Waals surface area contributed by atoms with Gasteiger partial charge in [-0.25, -0.2) is 11.0 Å². The van der Waals surface area contributed by atoms with Gasteiger partial charge in [0.1, 0.15) is 5.69 Å². The van der Waals surface area contributed by atoms with E-state index in [4.69, 9.17) is 6.57 Å². The summed E-state index contributed by atoms with van der Waals surface area (Å²) in [7, 11) is 2.05. The zero-order valence-electron chi connectivity index (χ0n) is 16.0. The Balaban J connectivity index is 1.64. The van der Waals surface area contributed by atoms with Crippen LogP contribution in [0.15, 0.2) is 12.4 Å². The number of likely N-dealkylation sites (N-methyl/N-ethyl adjacent to an activating group) is 1. The SMILES string of the molecule is [C-]#[N+]CC(=O)Nc1cncc(F)c1N1CCC(C(=O)N2CCN(C)CC2)CC1. The van der Waals surface area contributed by atoms with Crippen molar-refractivity contribution in [2.75, 3.05) is 63.1 Å². The fourth-order valence-electron chi connectivity index (χ4n) is 3.74. The molecule has 0 saturated carbocycles. The highest BCUT2D eigenvalue weighted by Gasteiger charge is 2.31. The summed E-state index contributed by atoms with van der Waals surface area (Å²) < 4.78 is 14.5. The van der Waals surface area contributed by atoms with E-state index in [9.17, 15) is 14.0 Å². The Morgan fingerprint density at radius 3 is 2.54 bits per heavy atom. The monoisotopic (exact) mass is 388 g/mol. The Morgan fingerprint density at radius 2 is 1.89 bits per heavy atom. The molecular formula is C19H25FN6O2. The molecule has 1 N–H and O–H groups in total. The summed E-state index contributed by atoms with van der Waals surface area (Å²) in [4.78, 5) is 37.4. The van der Waals surface area contributed by atoms with Crippen LogP contribution < -0.4 is 10.2 Å². The number of nitrogens with one attached hydrogen (secondary N) is 1. The smallest absolute Gasteiger partial charge is 0.304 e. The molecule has 150 valence electrons. The summed E-state index contributed by atoms with van der Waals surface area (Å²) in [5, 5.41) is 2.56. The Morgan fingerprint density at radius 1 is 1.21 bits per heavy atom. The van der Waals surface area contributed by atoms with Gasteiger partial charge in [-0.2, -0.15) is 0 Å². The molecule has 2 saturated heterocycles. The number of anilines is 2. The number of nitrogens with zero attached hydrogens (tertiary/aromatic N) is 5. The average Bonchev–Trinajstić information content (AvgIpc) is 2.69. The maximum Gasteiger partial charge on any atom is 0.304 e. The second-order valence-corrected chi connectivity index (χ2v) is 7.27. The third-order valence-corrected chi connectivity index (χ3v) is 5.34. The Labute approximate surface area is 164 Å². The van der Waals surface area contributed by atoms with Crippen LogP contribution in [-0.2, 0) is 9.59 Å². The van der Waals surface area contributed by atoms with E-state index in [0.29, 0.717) is 25.9 Å². The summed E-state index contributed by atoms with van der Waals surface area (Å²) in [6.45, 7) is 10.8. The first-order valence-electron chi connectivity index (χ1n) is 9.48. The molecule has 0 radical (unpaired) electrons. The predicted octanol–water partition coefficient (Wildman–Crippen LogP) is 1.07. The van der Waals surface area contributed by atoms with Crippen LogP contribution in [0.5, 0.6) is 0 Å². The molecule has 0 aromatic carbocycles. The molecule has 1 aromatic heterocycles. The van der Waals surface area contributed by atoms with Gasteiger partial charge in [0.05, 0.1) is 18.1 Å². The van der Waals surface area contributed by atoms with Gasteiger partial charge in [0.25, 0.3) is 6.54 Å². The minimum Gasteiger partial charge on any atom is -0.367 e. The van der Waals surface area contributed by atoms with Gasteiger partial charge in [-0.15, -0.1) is 0 Å². The first-order valence-corrected chi connectivity index (χ1v) is 9.48. The van der Waals surface area contributed by atoms with Crippen molar-refractivity contribution in [3.05, 3.63) is 29.6 Å². The van der Waals surface area contributed by atoms with E-state index in [0.717, 1.165) is 32.4 Å². The molecule has 0 spiro atoms. The number of piperidine rings is 1. The van der Waals surface area contributed by atoms with Crippen LogP contribution in [-0.4, -0.2) is 79.5 Å². The summed E-state index contributed by atoms with van der Waals surface area (Å²) in [6, 6.07) is 0. The highest BCUT2D eigenvalue weighted by Crippen LogP contribution is 2.32. The second-order valence-electron chi connectivity index (χ2n) is 7.27. The fraction of sp³-hybridized carbons (Fsp3) is 0.579. The summed E-state index contributed by atoms with van der Waals surface area (Å²) in [5.74, 6) is -0.883. The number of halogens is 1. The molecule has 3 rings (SSSR count). The van der Waals surface area contributed by atoms with Crippen molar-refractivity contribution < 1.29 is 14.0 Å². The minimum absolute atomic E-state index is 0.0512. The largest absolute Gasteiger partial charge is 0.367 e. The van der Waals surface area contributed by atoms with Gasteiger partial charge >= 0.3 is 5.91 Å². The van der Waals surface area contributed by atoms with Crippen molar-refractivity contribution in [1.29, 1.82) is 0 Å². The van der Waals surface area contributed by atoms with Crippen molar-refractivity contribution in [3.63, 3.8) is 0 Å². The van der Waals surface area contributed by atoms with Crippen LogP contribution >= 0.6 is 0 Å². The van der Waals surface area contributed by atoms with Crippen molar-refractivity contribution in [1.82, 2.24) is 14.8 Å². The van der Waals surface area contributed by atoms with E-state index in [-0.39, 0.29) is 29.7 Å². The molecule has 0 aliphatic carbocycles. The molecule has 3 heterocycles. The molecule has 0 unspecified atom stereocenters. The number of hydrogen-bond donors (Lipinski definition) is 1. The zero-order valence-corrected chi connectivity index (χ0v) is 16.0. The van der Waals surface area contributed by atoms with E-state index in [1.807, 2.05) is 9.80 Å². The van der Waals surface area contributed by atoms with Crippen LogP contribution in [0.2, 0.25) is 0 Å². The van der Waals surface area contributed by atoms with Crippen LogP contribution in [0.1, 0.15) is 12.8 Å². The summed E-state index contributed by atoms with van der Waals surface area (Å²) in [6.07, 6.45) is 3.79. The molecule has 2 amide bonds. The standard InChI is InChI=1S/C19H25FN6O2/c1-21-13-17(27)23-16-12-22-11-15(20)18(16)25-5-3-14(4-6-25)19(28)26-9-7-24(2)8-10-26/h11-12,14H,3-10,13H2,2H3,(H,23,27). The molecule has 8 nitrogen and oxygen atoms in total. The number of piperazine rings is 1. The van der Waals surface area contributed by atoms with Crippen molar-refractivity contribution in [3.8, 4) is 0 Å². The van der Waals surface area contributed by atoms with Crippen LogP contribution in [0.3, 0.4) is 0 Å². The molecule has 0 bridgehead atoms. The van der Waals surface area contributed by atoms with E-state index in [1.54, 1.807) is 0 Å². The first-order chi connectivity index (χ1) is 13.5. The fourth-order valence-corrected chi connectivity index (χ4v) is 3.74. The van der Waals surface area contributed by atoms with Gasteiger partial charge in [0.15, 0.2) is 5.82 Å². The lowest BCUT2D eigenvalue weighted by Crippen LogP contribution is -2.50. The number of carbonyl (C=O) groups is 2. The maximum atomic E-state index is 14.5. The molecule has 2 aliphatic heterocycles. The number of amides is 2. The van der Waals surface area contributed by atoms with E-state index in [2.05, 4.69) is 27.1 Å². The molecular weight excluding hydrogens is 363 g/mol. The topological polar surface area (TPSA) is 73.1 Å². The number of carbonyl (C=O) groups excluding carboxylic acids is 2. The van der Waals surface area contributed by atoms with E-state index >= 15 is 0 Å². The van der Waals surface area contributed by atoms with Gasteiger partial charge in [-0.05, 0) is 19.9 Å². The second kappa shape index (κ2) is 8.97. The lowest BCUT2D eigenvalue weighted by Gasteiger charge is -2.38. The van der Waals surface area contributed by atoms with E-state index < -0.39 is 11.7 Å². The third kappa shape index (κ3) is 4.57. The Hall–Kier alpha value is -2.73. The molecule has 9 heteroatoms. The van der Waals surface area contributed by atoms with Crippen molar-refractivity contribution in [2.24, 2.45) is 5.92 Å². The Bertz CT molecular complexity index is 764. The average molecular weight is 388 g/mol. The van der Waals surface area contributed by atoms with Crippen molar-refractivity contribution >= 4 is 23.2 Å². The summed E-state index contributed by atoms with van der Waals surface area (Å²) >= 11 is 0. The molecule has 1 aromatic rings. The number of aromatic nitrogens is 1. The molecule has 0 atom stereocenters. The lowest BCUT2D eigenvalue weighted by molar-refractivity contribution is -0.137. The van der Waals surface area contributed by atoms with E-state index in [1.165, 1.54) is 6.20 Å². The van der Waals surface area contributed by atoms with Gasteiger partial charge in [0.2, 0.25) is 5.91 Å². The van der Waals surface area contributed by atoms with Gasteiger partial charge in [-0.3, -0.25) is 14.6 Å². The van der Waals surface area contributed by atoms with Crippen LogP contribution in [0, 0.1) is 18.3 Å². The first kappa shape index (κ1) is 20.0.